The number of rotatable bonds is 5. The minimum Gasteiger partial charge on any atom is -0.338 e. The fraction of sp³-hybridized carbons (Fsp3) is 0.312. The summed E-state index contributed by atoms with van der Waals surface area (Å²) in [6, 6.07) is 9.66. The average molecular weight is 284 g/mol. The Balaban J connectivity index is 2.07. The lowest BCUT2D eigenvalue weighted by Gasteiger charge is -2.11. The van der Waals surface area contributed by atoms with E-state index in [1.165, 1.54) is 0 Å². The molecule has 2 N–H and O–H groups in total. The van der Waals surface area contributed by atoms with Crippen molar-refractivity contribution in [3.63, 3.8) is 0 Å². The summed E-state index contributed by atoms with van der Waals surface area (Å²) in [5.41, 5.74) is 3.34. The van der Waals surface area contributed by atoms with E-state index in [4.69, 9.17) is 0 Å². The minimum atomic E-state index is -0.0396. The second kappa shape index (κ2) is 6.83. The highest BCUT2D eigenvalue weighted by molar-refractivity contribution is 5.89. The maximum absolute atomic E-state index is 11.5. The van der Waals surface area contributed by atoms with Crippen LogP contribution in [0.2, 0.25) is 0 Å². The highest BCUT2D eigenvalue weighted by Crippen LogP contribution is 2.23. The molecule has 21 heavy (non-hydrogen) atoms. The van der Waals surface area contributed by atoms with Gasteiger partial charge in [0.15, 0.2) is 11.6 Å². The summed E-state index contributed by atoms with van der Waals surface area (Å²) in [7, 11) is 0. The lowest BCUT2D eigenvalue weighted by atomic mass is 10.1. The predicted octanol–water partition coefficient (Wildman–Crippen LogP) is 3.58. The van der Waals surface area contributed by atoms with Crippen molar-refractivity contribution >= 4 is 23.2 Å². The topological polar surface area (TPSA) is 66.9 Å². The van der Waals surface area contributed by atoms with Gasteiger partial charge in [-0.15, -0.1) is 10.2 Å². The molecule has 0 aliphatic heterocycles. The molecule has 2 aromatic rings. The number of aryl methyl sites for hydroxylation is 2. The molecule has 0 saturated carbocycles. The Morgan fingerprint density at radius 2 is 1.67 bits per heavy atom. The van der Waals surface area contributed by atoms with Gasteiger partial charge in [0.25, 0.3) is 0 Å². The molecule has 0 spiro atoms. The van der Waals surface area contributed by atoms with Crippen LogP contribution in [0, 0.1) is 13.8 Å². The zero-order valence-corrected chi connectivity index (χ0v) is 12.6. The third-order valence-electron chi connectivity index (χ3n) is 3.14. The number of hydrogen-bond acceptors (Lipinski definition) is 4. The normalized spacial score (nSPS) is 10.2. The Morgan fingerprint density at radius 1 is 1.05 bits per heavy atom. The summed E-state index contributed by atoms with van der Waals surface area (Å²) in [5.74, 6) is 1.09. The molecule has 5 heteroatoms. The number of carbonyl (C=O) groups is 1. The van der Waals surface area contributed by atoms with Crippen LogP contribution in [-0.4, -0.2) is 16.1 Å². The molecule has 0 bridgehead atoms. The number of aromatic nitrogens is 2. The van der Waals surface area contributed by atoms with Gasteiger partial charge in [0.05, 0.1) is 0 Å². The van der Waals surface area contributed by atoms with Crippen molar-refractivity contribution in [1.82, 2.24) is 10.2 Å². The standard InChI is InChI=1S/C16H20N4O/c1-4-6-15(21)17-13-9-10-14(20-19-13)18-16-11(2)7-5-8-12(16)3/h5,7-10H,4,6H2,1-3H3,(H,18,20)(H,17,19,21). The number of hydrogen-bond donors (Lipinski definition) is 2. The second-order valence-corrected chi connectivity index (χ2v) is 4.99. The minimum absolute atomic E-state index is 0.0396. The summed E-state index contributed by atoms with van der Waals surface area (Å²) in [4.78, 5) is 11.5. The van der Waals surface area contributed by atoms with Crippen LogP contribution in [0.5, 0.6) is 0 Å². The monoisotopic (exact) mass is 284 g/mol. The molecule has 2 rings (SSSR count). The molecule has 0 unspecified atom stereocenters. The largest absolute Gasteiger partial charge is 0.338 e. The van der Waals surface area contributed by atoms with Crippen LogP contribution < -0.4 is 10.6 Å². The van der Waals surface area contributed by atoms with Gasteiger partial charge in [0.2, 0.25) is 5.91 Å². The van der Waals surface area contributed by atoms with Gasteiger partial charge >= 0.3 is 0 Å². The van der Waals surface area contributed by atoms with Crippen molar-refractivity contribution in [2.75, 3.05) is 10.6 Å². The van der Waals surface area contributed by atoms with Crippen LogP contribution in [0.15, 0.2) is 30.3 Å². The summed E-state index contributed by atoms with van der Waals surface area (Å²) >= 11 is 0. The quantitative estimate of drug-likeness (QED) is 0.880. The fourth-order valence-electron chi connectivity index (χ4n) is 2.04. The highest BCUT2D eigenvalue weighted by atomic mass is 16.1. The van der Waals surface area contributed by atoms with Crippen LogP contribution in [0.25, 0.3) is 0 Å². The maximum atomic E-state index is 11.5. The van der Waals surface area contributed by atoms with Gasteiger partial charge in [0.1, 0.15) is 0 Å². The maximum Gasteiger partial charge on any atom is 0.225 e. The summed E-state index contributed by atoms with van der Waals surface area (Å²) in [5, 5.41) is 14.1. The Kier molecular flexibility index (Phi) is 4.87. The molecule has 5 nitrogen and oxygen atoms in total. The molecular formula is C16H20N4O. The Morgan fingerprint density at radius 3 is 2.24 bits per heavy atom. The van der Waals surface area contributed by atoms with E-state index >= 15 is 0 Å². The van der Waals surface area contributed by atoms with Gasteiger partial charge in [0, 0.05) is 12.1 Å². The zero-order chi connectivity index (χ0) is 15.2. The molecule has 1 amide bonds. The molecule has 1 aromatic carbocycles. The molecular weight excluding hydrogens is 264 g/mol. The third-order valence-corrected chi connectivity index (χ3v) is 3.14. The van der Waals surface area contributed by atoms with E-state index in [1.807, 2.05) is 39.0 Å². The number of anilines is 3. The van der Waals surface area contributed by atoms with Crippen LogP contribution in [0.1, 0.15) is 30.9 Å². The smallest absolute Gasteiger partial charge is 0.225 e. The first-order chi connectivity index (χ1) is 10.1. The summed E-state index contributed by atoms with van der Waals surface area (Å²) in [6.07, 6.45) is 1.30. The zero-order valence-electron chi connectivity index (χ0n) is 12.6. The predicted molar refractivity (Wildman–Crippen MR) is 84.8 cm³/mol. The van der Waals surface area contributed by atoms with Gasteiger partial charge < -0.3 is 10.6 Å². The molecule has 1 aromatic heterocycles. The van der Waals surface area contributed by atoms with Crippen molar-refractivity contribution in [3.05, 3.63) is 41.5 Å². The lowest BCUT2D eigenvalue weighted by molar-refractivity contribution is -0.116. The van der Waals surface area contributed by atoms with E-state index in [2.05, 4.69) is 20.8 Å². The number of nitrogens with zero attached hydrogens (tertiary/aromatic N) is 2. The fourth-order valence-corrected chi connectivity index (χ4v) is 2.04. The van der Waals surface area contributed by atoms with E-state index in [0.717, 1.165) is 23.2 Å². The van der Waals surface area contributed by atoms with Gasteiger partial charge in [-0.25, -0.2) is 0 Å². The number of benzene rings is 1. The van der Waals surface area contributed by atoms with Gasteiger partial charge in [-0.05, 0) is 43.5 Å². The summed E-state index contributed by atoms with van der Waals surface area (Å²) < 4.78 is 0. The van der Waals surface area contributed by atoms with Crippen molar-refractivity contribution < 1.29 is 4.79 Å². The highest BCUT2D eigenvalue weighted by Gasteiger charge is 2.05. The van der Waals surface area contributed by atoms with E-state index in [-0.39, 0.29) is 5.91 Å². The number of carbonyl (C=O) groups excluding carboxylic acids is 1. The summed E-state index contributed by atoms with van der Waals surface area (Å²) in [6.45, 7) is 6.05. The van der Waals surface area contributed by atoms with Crippen molar-refractivity contribution in [2.45, 2.75) is 33.6 Å². The van der Waals surface area contributed by atoms with E-state index in [0.29, 0.717) is 18.1 Å². The first-order valence-electron chi connectivity index (χ1n) is 7.07. The van der Waals surface area contributed by atoms with Crippen molar-refractivity contribution in [1.29, 1.82) is 0 Å². The second-order valence-electron chi connectivity index (χ2n) is 4.99. The Hall–Kier alpha value is -2.43. The number of amides is 1. The van der Waals surface area contributed by atoms with E-state index < -0.39 is 0 Å². The molecule has 0 atom stereocenters. The van der Waals surface area contributed by atoms with Crippen LogP contribution >= 0.6 is 0 Å². The molecule has 0 radical (unpaired) electrons. The molecule has 0 fully saturated rings. The number of para-hydroxylation sites is 1. The van der Waals surface area contributed by atoms with Crippen molar-refractivity contribution in [2.24, 2.45) is 0 Å². The number of nitrogens with one attached hydrogen (secondary N) is 2. The first kappa shape index (κ1) is 15.0. The molecule has 110 valence electrons. The van der Waals surface area contributed by atoms with Gasteiger partial charge in [-0.2, -0.15) is 0 Å². The molecule has 0 aliphatic rings. The molecule has 0 aliphatic carbocycles. The Labute approximate surface area is 124 Å². The average Bonchev–Trinajstić information content (AvgIpc) is 2.45. The van der Waals surface area contributed by atoms with Crippen LogP contribution in [0.4, 0.5) is 17.3 Å². The first-order valence-corrected chi connectivity index (χ1v) is 7.07. The van der Waals surface area contributed by atoms with Gasteiger partial charge in [-0.1, -0.05) is 25.1 Å². The van der Waals surface area contributed by atoms with Crippen molar-refractivity contribution in [3.8, 4) is 0 Å². The van der Waals surface area contributed by atoms with Gasteiger partial charge in [-0.3, -0.25) is 4.79 Å². The molecule has 1 heterocycles. The Bertz CT molecular complexity index is 602. The van der Waals surface area contributed by atoms with Crippen LogP contribution in [0.3, 0.4) is 0 Å². The van der Waals surface area contributed by atoms with Crippen LogP contribution in [-0.2, 0) is 4.79 Å². The lowest BCUT2D eigenvalue weighted by Crippen LogP contribution is -2.12. The SMILES string of the molecule is CCCC(=O)Nc1ccc(Nc2c(C)cccc2C)nn1. The third kappa shape index (κ3) is 4.02. The van der Waals surface area contributed by atoms with E-state index in [1.54, 1.807) is 12.1 Å². The molecule has 0 saturated heterocycles. The van der Waals surface area contributed by atoms with E-state index in [9.17, 15) is 4.79 Å².